The maximum Gasteiger partial charge on any atom is 0.412 e. The summed E-state index contributed by atoms with van der Waals surface area (Å²) in [7, 11) is 0. The van der Waals surface area contributed by atoms with E-state index in [0.29, 0.717) is 11.0 Å². The van der Waals surface area contributed by atoms with Crippen LogP contribution < -0.4 is 10.1 Å². The predicted octanol–water partition coefficient (Wildman–Crippen LogP) is 2.70. The molecular weight excluding hydrogens is 253 g/mol. The lowest BCUT2D eigenvalue weighted by Crippen LogP contribution is -2.26. The number of benzene rings is 1. The van der Waals surface area contributed by atoms with Crippen LogP contribution in [0.25, 0.3) is 0 Å². The van der Waals surface area contributed by atoms with Crippen LogP contribution in [-0.4, -0.2) is 12.6 Å². The molecule has 0 bridgehead atoms. The minimum atomic E-state index is -0.659. The molecule has 0 radical (unpaired) electrons. The third-order valence-electron chi connectivity index (χ3n) is 1.42. The molecule has 1 aromatic rings. The fraction of sp³-hybridized carbons (Fsp3) is 0.222. The zero-order valence-corrected chi connectivity index (χ0v) is 9.10. The lowest BCUT2D eigenvalue weighted by molar-refractivity contribution is 0.199. The van der Waals surface area contributed by atoms with Crippen molar-refractivity contribution in [1.82, 2.24) is 5.32 Å². The Hall–Kier alpha value is -1.10. The lowest BCUT2D eigenvalue weighted by Gasteiger charge is -2.05. The number of hydrogen-bond donors (Lipinski definition) is 1. The third kappa shape index (κ3) is 2.99. The van der Waals surface area contributed by atoms with Gasteiger partial charge in [-0.1, -0.05) is 15.9 Å². The van der Waals surface area contributed by atoms with Crippen LogP contribution >= 0.6 is 15.9 Å². The Balaban J connectivity index is 2.72. The number of ether oxygens (including phenoxy) is 1. The van der Waals surface area contributed by atoms with Gasteiger partial charge in [-0.25, -0.2) is 9.18 Å². The largest absolute Gasteiger partial charge is 0.412 e. The number of hydrogen-bond acceptors (Lipinski definition) is 2. The van der Waals surface area contributed by atoms with E-state index in [2.05, 4.69) is 21.2 Å². The van der Waals surface area contributed by atoms with Crippen molar-refractivity contribution in [2.24, 2.45) is 0 Å². The van der Waals surface area contributed by atoms with Crippen LogP contribution in [0.1, 0.15) is 6.92 Å². The summed E-state index contributed by atoms with van der Waals surface area (Å²) in [4.78, 5) is 10.9. The summed E-state index contributed by atoms with van der Waals surface area (Å²) < 4.78 is 18.4. The highest BCUT2D eigenvalue weighted by Crippen LogP contribution is 2.21. The number of halogens is 2. The SMILES string of the molecule is CCNC(=O)Oc1ccc(Br)cc1F. The Morgan fingerprint density at radius 2 is 2.36 bits per heavy atom. The van der Waals surface area contributed by atoms with Crippen molar-refractivity contribution < 1.29 is 13.9 Å². The summed E-state index contributed by atoms with van der Waals surface area (Å²) in [5.74, 6) is -0.662. The van der Waals surface area contributed by atoms with Gasteiger partial charge in [0.25, 0.3) is 0 Å². The fourth-order valence-corrected chi connectivity index (χ4v) is 1.17. The monoisotopic (exact) mass is 261 g/mol. The quantitative estimate of drug-likeness (QED) is 0.889. The summed E-state index contributed by atoms with van der Waals surface area (Å²) in [5, 5.41) is 2.40. The Bertz CT molecular complexity index is 344. The summed E-state index contributed by atoms with van der Waals surface area (Å²) >= 11 is 3.10. The van der Waals surface area contributed by atoms with E-state index in [1.807, 2.05) is 0 Å². The molecule has 0 saturated carbocycles. The van der Waals surface area contributed by atoms with E-state index in [1.165, 1.54) is 12.1 Å². The molecule has 0 spiro atoms. The highest BCUT2D eigenvalue weighted by Gasteiger charge is 2.08. The molecule has 5 heteroatoms. The van der Waals surface area contributed by atoms with E-state index in [9.17, 15) is 9.18 Å². The van der Waals surface area contributed by atoms with E-state index < -0.39 is 11.9 Å². The van der Waals surface area contributed by atoms with Crippen molar-refractivity contribution in [3.05, 3.63) is 28.5 Å². The maximum absolute atomic E-state index is 13.1. The zero-order valence-electron chi connectivity index (χ0n) is 7.51. The van der Waals surface area contributed by atoms with Gasteiger partial charge in [0.15, 0.2) is 11.6 Å². The molecule has 0 saturated heterocycles. The van der Waals surface area contributed by atoms with Gasteiger partial charge < -0.3 is 10.1 Å². The second kappa shape index (κ2) is 4.95. The molecule has 1 amide bonds. The normalized spacial score (nSPS) is 9.64. The predicted molar refractivity (Wildman–Crippen MR) is 53.8 cm³/mol. The molecule has 1 N–H and O–H groups in total. The number of nitrogens with one attached hydrogen (secondary N) is 1. The molecule has 1 rings (SSSR count). The second-order valence-corrected chi connectivity index (χ2v) is 3.41. The van der Waals surface area contributed by atoms with E-state index >= 15 is 0 Å². The van der Waals surface area contributed by atoms with Crippen molar-refractivity contribution in [2.75, 3.05) is 6.54 Å². The molecule has 0 atom stereocenters. The van der Waals surface area contributed by atoms with Crippen molar-refractivity contribution in [3.63, 3.8) is 0 Å². The summed E-state index contributed by atoms with van der Waals surface area (Å²) in [6.07, 6.45) is -0.659. The van der Waals surface area contributed by atoms with Crippen molar-refractivity contribution in [1.29, 1.82) is 0 Å². The molecule has 0 aromatic heterocycles. The van der Waals surface area contributed by atoms with Crippen LogP contribution in [0.5, 0.6) is 5.75 Å². The van der Waals surface area contributed by atoms with Crippen molar-refractivity contribution in [2.45, 2.75) is 6.92 Å². The Morgan fingerprint density at radius 3 is 2.93 bits per heavy atom. The average molecular weight is 262 g/mol. The van der Waals surface area contributed by atoms with Crippen LogP contribution in [0.15, 0.2) is 22.7 Å². The van der Waals surface area contributed by atoms with Gasteiger partial charge in [0.05, 0.1) is 0 Å². The van der Waals surface area contributed by atoms with Gasteiger partial charge in [0.2, 0.25) is 0 Å². The van der Waals surface area contributed by atoms with Gasteiger partial charge in [0.1, 0.15) is 0 Å². The fourth-order valence-electron chi connectivity index (χ4n) is 0.838. The first kappa shape index (κ1) is 11.0. The minimum Gasteiger partial charge on any atom is -0.407 e. The number of carbonyl (C=O) groups excluding carboxylic acids is 1. The first-order chi connectivity index (χ1) is 6.63. The van der Waals surface area contributed by atoms with Crippen LogP contribution in [0.2, 0.25) is 0 Å². The van der Waals surface area contributed by atoms with Gasteiger partial charge in [0, 0.05) is 11.0 Å². The Labute approximate surface area is 89.4 Å². The Kier molecular flexibility index (Phi) is 3.88. The standard InChI is InChI=1S/C9H9BrFNO2/c1-2-12-9(13)14-8-4-3-6(10)5-7(8)11/h3-5H,2H2,1H3,(H,12,13). The molecule has 0 heterocycles. The highest BCUT2D eigenvalue weighted by molar-refractivity contribution is 9.10. The van der Waals surface area contributed by atoms with Gasteiger partial charge in [-0.15, -0.1) is 0 Å². The number of amides is 1. The molecular formula is C9H9BrFNO2. The molecule has 0 fully saturated rings. The first-order valence-corrected chi connectivity index (χ1v) is 4.83. The molecule has 0 aliphatic rings. The van der Waals surface area contributed by atoms with Crippen molar-refractivity contribution >= 4 is 22.0 Å². The highest BCUT2D eigenvalue weighted by atomic mass is 79.9. The Morgan fingerprint density at radius 1 is 1.64 bits per heavy atom. The van der Waals surface area contributed by atoms with Crippen LogP contribution in [-0.2, 0) is 0 Å². The maximum atomic E-state index is 13.1. The van der Waals surface area contributed by atoms with E-state index in [1.54, 1.807) is 13.0 Å². The number of carbonyl (C=O) groups is 1. The summed E-state index contributed by atoms with van der Waals surface area (Å²) in [5.41, 5.74) is 0. The van der Waals surface area contributed by atoms with Crippen LogP contribution in [0.3, 0.4) is 0 Å². The molecule has 14 heavy (non-hydrogen) atoms. The van der Waals surface area contributed by atoms with Gasteiger partial charge in [-0.05, 0) is 25.1 Å². The van der Waals surface area contributed by atoms with Gasteiger partial charge in [-0.3, -0.25) is 0 Å². The van der Waals surface area contributed by atoms with E-state index in [4.69, 9.17) is 4.74 Å². The molecule has 3 nitrogen and oxygen atoms in total. The van der Waals surface area contributed by atoms with Crippen LogP contribution in [0.4, 0.5) is 9.18 Å². The summed E-state index contributed by atoms with van der Waals surface area (Å²) in [6.45, 7) is 2.19. The molecule has 0 aliphatic carbocycles. The topological polar surface area (TPSA) is 38.3 Å². The third-order valence-corrected chi connectivity index (χ3v) is 1.91. The lowest BCUT2D eigenvalue weighted by atomic mass is 10.3. The minimum absolute atomic E-state index is 0.0841. The molecule has 0 unspecified atom stereocenters. The molecule has 1 aromatic carbocycles. The molecule has 76 valence electrons. The number of rotatable bonds is 2. The summed E-state index contributed by atoms with van der Waals surface area (Å²) in [6, 6.07) is 4.21. The van der Waals surface area contributed by atoms with E-state index in [0.717, 1.165) is 0 Å². The smallest absolute Gasteiger partial charge is 0.407 e. The van der Waals surface area contributed by atoms with Crippen LogP contribution in [0, 0.1) is 5.82 Å². The first-order valence-electron chi connectivity index (χ1n) is 4.04. The zero-order chi connectivity index (χ0) is 10.6. The van der Waals surface area contributed by atoms with Gasteiger partial charge in [-0.2, -0.15) is 0 Å². The average Bonchev–Trinajstić information content (AvgIpc) is 2.10. The van der Waals surface area contributed by atoms with E-state index in [-0.39, 0.29) is 5.75 Å². The van der Waals surface area contributed by atoms with Crippen molar-refractivity contribution in [3.8, 4) is 5.75 Å². The van der Waals surface area contributed by atoms with Gasteiger partial charge >= 0.3 is 6.09 Å². The second-order valence-electron chi connectivity index (χ2n) is 2.49. The molecule has 0 aliphatic heterocycles.